The molecule has 0 amide bonds. The third kappa shape index (κ3) is 3.41. The normalized spacial score (nSPS) is 10.7. The van der Waals surface area contributed by atoms with Crippen molar-refractivity contribution in [1.82, 2.24) is 0 Å². The van der Waals surface area contributed by atoms with Gasteiger partial charge in [0, 0.05) is 4.47 Å². The highest BCUT2D eigenvalue weighted by Gasteiger charge is 2.07. The SMILES string of the molecule is Cc1ccc(CCN)cc1Oc1cc(C)c(Br)c(C)c1. The number of nitrogens with two attached hydrogens (primary N) is 1. The molecule has 0 spiro atoms. The van der Waals surface area contributed by atoms with Gasteiger partial charge in [0.1, 0.15) is 11.5 Å². The van der Waals surface area contributed by atoms with E-state index in [1.54, 1.807) is 0 Å². The van der Waals surface area contributed by atoms with Crippen LogP contribution >= 0.6 is 15.9 Å². The first-order chi connectivity index (χ1) is 9.51. The molecule has 0 aliphatic carbocycles. The fourth-order valence-electron chi connectivity index (χ4n) is 2.17. The number of benzene rings is 2. The fourth-order valence-corrected chi connectivity index (χ4v) is 2.40. The van der Waals surface area contributed by atoms with Crippen LogP contribution in [0.3, 0.4) is 0 Å². The van der Waals surface area contributed by atoms with E-state index in [2.05, 4.69) is 54.9 Å². The van der Waals surface area contributed by atoms with Gasteiger partial charge in [-0.05, 0) is 74.2 Å². The highest BCUT2D eigenvalue weighted by atomic mass is 79.9. The van der Waals surface area contributed by atoms with Crippen LogP contribution in [0.5, 0.6) is 11.5 Å². The summed E-state index contributed by atoms with van der Waals surface area (Å²) in [5.41, 5.74) is 10.3. The molecule has 0 atom stereocenters. The highest BCUT2D eigenvalue weighted by Crippen LogP contribution is 2.31. The van der Waals surface area contributed by atoms with Crippen LogP contribution in [0.4, 0.5) is 0 Å². The number of aryl methyl sites for hydroxylation is 3. The quantitative estimate of drug-likeness (QED) is 0.882. The molecule has 0 aliphatic rings. The minimum absolute atomic E-state index is 0.652. The Hall–Kier alpha value is -1.32. The van der Waals surface area contributed by atoms with Crippen molar-refractivity contribution in [1.29, 1.82) is 0 Å². The summed E-state index contributed by atoms with van der Waals surface area (Å²) in [7, 11) is 0. The molecule has 0 aliphatic heterocycles. The monoisotopic (exact) mass is 333 g/mol. The molecule has 2 rings (SSSR count). The molecule has 3 heteroatoms. The zero-order chi connectivity index (χ0) is 14.7. The average molecular weight is 334 g/mol. The Morgan fingerprint density at radius 2 is 1.65 bits per heavy atom. The van der Waals surface area contributed by atoms with Gasteiger partial charge >= 0.3 is 0 Å². The molecule has 0 saturated heterocycles. The summed E-state index contributed by atoms with van der Waals surface area (Å²) in [4.78, 5) is 0. The molecule has 0 saturated carbocycles. The number of halogens is 1. The Morgan fingerprint density at radius 3 is 2.25 bits per heavy atom. The predicted octanol–water partition coefficient (Wildman–Crippen LogP) is 4.67. The largest absolute Gasteiger partial charge is 0.457 e. The van der Waals surface area contributed by atoms with E-state index in [0.29, 0.717) is 6.54 Å². The van der Waals surface area contributed by atoms with Crippen LogP contribution in [-0.2, 0) is 6.42 Å². The maximum Gasteiger partial charge on any atom is 0.130 e. The van der Waals surface area contributed by atoms with E-state index in [4.69, 9.17) is 10.5 Å². The van der Waals surface area contributed by atoms with Crippen LogP contribution in [-0.4, -0.2) is 6.54 Å². The second-order valence-electron chi connectivity index (χ2n) is 5.11. The molecule has 20 heavy (non-hydrogen) atoms. The van der Waals surface area contributed by atoms with E-state index < -0.39 is 0 Å². The molecule has 2 aromatic rings. The van der Waals surface area contributed by atoms with Crippen molar-refractivity contribution in [2.75, 3.05) is 6.54 Å². The standard InChI is InChI=1S/C17H20BrNO/c1-11-4-5-14(6-7-19)10-16(11)20-15-8-12(2)17(18)13(3)9-15/h4-5,8-10H,6-7,19H2,1-3H3. The minimum atomic E-state index is 0.652. The molecule has 106 valence electrons. The number of hydrogen-bond donors (Lipinski definition) is 1. The Morgan fingerprint density at radius 1 is 1.00 bits per heavy atom. The molecule has 2 nitrogen and oxygen atoms in total. The van der Waals surface area contributed by atoms with Gasteiger partial charge in [-0.1, -0.05) is 28.1 Å². The van der Waals surface area contributed by atoms with E-state index in [1.165, 1.54) is 16.7 Å². The van der Waals surface area contributed by atoms with Crippen LogP contribution in [0.2, 0.25) is 0 Å². The lowest BCUT2D eigenvalue weighted by Crippen LogP contribution is -2.03. The lowest BCUT2D eigenvalue weighted by molar-refractivity contribution is 0.477. The minimum Gasteiger partial charge on any atom is -0.457 e. The van der Waals surface area contributed by atoms with Crippen molar-refractivity contribution >= 4 is 15.9 Å². The molecular weight excluding hydrogens is 314 g/mol. The van der Waals surface area contributed by atoms with Gasteiger partial charge in [-0.2, -0.15) is 0 Å². The third-order valence-corrected chi connectivity index (χ3v) is 4.57. The lowest BCUT2D eigenvalue weighted by Gasteiger charge is -2.13. The molecule has 0 bridgehead atoms. The average Bonchev–Trinajstić information content (AvgIpc) is 2.40. The Bertz CT molecular complexity index is 599. The van der Waals surface area contributed by atoms with Crippen molar-refractivity contribution in [3.63, 3.8) is 0 Å². The van der Waals surface area contributed by atoms with Gasteiger partial charge in [0.25, 0.3) is 0 Å². The Labute approximate surface area is 129 Å². The van der Waals surface area contributed by atoms with Gasteiger partial charge in [-0.3, -0.25) is 0 Å². The van der Waals surface area contributed by atoms with E-state index in [-0.39, 0.29) is 0 Å². The zero-order valence-corrected chi connectivity index (χ0v) is 13.8. The van der Waals surface area contributed by atoms with Crippen LogP contribution in [0.1, 0.15) is 22.3 Å². The van der Waals surface area contributed by atoms with Gasteiger partial charge in [-0.15, -0.1) is 0 Å². The van der Waals surface area contributed by atoms with Gasteiger partial charge in [0.2, 0.25) is 0 Å². The van der Waals surface area contributed by atoms with Crippen LogP contribution < -0.4 is 10.5 Å². The first-order valence-electron chi connectivity index (χ1n) is 6.75. The smallest absolute Gasteiger partial charge is 0.130 e. The topological polar surface area (TPSA) is 35.2 Å². The Kier molecular flexibility index (Phi) is 4.84. The molecule has 0 radical (unpaired) electrons. The summed E-state index contributed by atoms with van der Waals surface area (Å²) in [5.74, 6) is 1.77. The number of hydrogen-bond acceptors (Lipinski definition) is 2. The molecular formula is C17H20BrNO. The van der Waals surface area contributed by atoms with Crippen LogP contribution in [0.15, 0.2) is 34.8 Å². The molecule has 0 heterocycles. The maximum atomic E-state index is 6.05. The predicted molar refractivity (Wildman–Crippen MR) is 87.6 cm³/mol. The van der Waals surface area contributed by atoms with Crippen molar-refractivity contribution in [3.8, 4) is 11.5 Å². The van der Waals surface area contributed by atoms with E-state index in [0.717, 1.165) is 28.0 Å². The van der Waals surface area contributed by atoms with Crippen LogP contribution in [0.25, 0.3) is 0 Å². The third-order valence-electron chi connectivity index (χ3n) is 3.32. The lowest BCUT2D eigenvalue weighted by atomic mass is 10.1. The molecule has 2 aromatic carbocycles. The van der Waals surface area contributed by atoms with E-state index in [9.17, 15) is 0 Å². The maximum absolute atomic E-state index is 6.05. The number of ether oxygens (including phenoxy) is 1. The first-order valence-corrected chi connectivity index (χ1v) is 7.54. The highest BCUT2D eigenvalue weighted by molar-refractivity contribution is 9.10. The van der Waals surface area contributed by atoms with E-state index >= 15 is 0 Å². The van der Waals surface area contributed by atoms with Gasteiger partial charge in [0.15, 0.2) is 0 Å². The summed E-state index contributed by atoms with van der Waals surface area (Å²) >= 11 is 3.58. The number of rotatable bonds is 4. The summed E-state index contributed by atoms with van der Waals surface area (Å²) in [6.07, 6.45) is 0.870. The summed E-state index contributed by atoms with van der Waals surface area (Å²) < 4.78 is 7.19. The molecule has 0 fully saturated rings. The summed E-state index contributed by atoms with van der Waals surface area (Å²) in [6.45, 7) is 6.85. The summed E-state index contributed by atoms with van der Waals surface area (Å²) in [6, 6.07) is 10.4. The van der Waals surface area contributed by atoms with Gasteiger partial charge in [0.05, 0.1) is 0 Å². The van der Waals surface area contributed by atoms with Crippen molar-refractivity contribution in [2.45, 2.75) is 27.2 Å². The van der Waals surface area contributed by atoms with E-state index in [1.807, 2.05) is 12.1 Å². The molecule has 0 unspecified atom stereocenters. The zero-order valence-electron chi connectivity index (χ0n) is 12.2. The van der Waals surface area contributed by atoms with Crippen molar-refractivity contribution < 1.29 is 4.74 Å². The van der Waals surface area contributed by atoms with Gasteiger partial charge in [-0.25, -0.2) is 0 Å². The molecule has 0 aromatic heterocycles. The Balaban J connectivity index is 2.32. The van der Waals surface area contributed by atoms with Crippen molar-refractivity contribution in [2.24, 2.45) is 5.73 Å². The second-order valence-corrected chi connectivity index (χ2v) is 5.90. The fraction of sp³-hybridized carbons (Fsp3) is 0.294. The second kappa shape index (κ2) is 6.42. The van der Waals surface area contributed by atoms with Crippen molar-refractivity contribution in [3.05, 3.63) is 57.1 Å². The van der Waals surface area contributed by atoms with Crippen LogP contribution in [0, 0.1) is 20.8 Å². The van der Waals surface area contributed by atoms with Gasteiger partial charge < -0.3 is 10.5 Å². The first kappa shape index (κ1) is 15.1. The molecule has 2 N–H and O–H groups in total. The summed E-state index contributed by atoms with van der Waals surface area (Å²) in [5, 5.41) is 0.